The Balaban J connectivity index is 1.96. The van der Waals surface area contributed by atoms with Gasteiger partial charge in [-0.1, -0.05) is 11.6 Å². The lowest BCUT2D eigenvalue weighted by Gasteiger charge is -2.28. The van der Waals surface area contributed by atoms with Crippen LogP contribution >= 0.6 is 11.6 Å². The Bertz CT molecular complexity index is 794. The summed E-state index contributed by atoms with van der Waals surface area (Å²) in [6, 6.07) is 8.00. The van der Waals surface area contributed by atoms with Crippen LogP contribution in [-0.4, -0.2) is 35.0 Å². The number of halogens is 1. The number of fused-ring (bicyclic) bond motifs is 1. The first-order valence-electron chi connectivity index (χ1n) is 8.49. The van der Waals surface area contributed by atoms with Crippen LogP contribution in [0.3, 0.4) is 0 Å². The number of nitrogens with one attached hydrogen (secondary N) is 1. The number of rotatable bonds is 6. The summed E-state index contributed by atoms with van der Waals surface area (Å²) < 4.78 is 21.6. The standard InChI is InChI=1S/C20H24ClNO4/c1-23-17-8-12-5-6-22-16(14(12)10-19(17)25-3)7-13-9-18(24-2)20(26-4)11-15(13)21/h8-11,16,22H,5-7H2,1-4H3. The molecule has 1 N–H and O–H groups in total. The van der Waals surface area contributed by atoms with Crippen molar-refractivity contribution in [1.82, 2.24) is 5.32 Å². The molecule has 6 heteroatoms. The van der Waals surface area contributed by atoms with Crippen molar-refractivity contribution in [2.75, 3.05) is 35.0 Å². The van der Waals surface area contributed by atoms with Crippen LogP contribution in [0, 0.1) is 0 Å². The van der Waals surface area contributed by atoms with Crippen LogP contribution in [0.25, 0.3) is 0 Å². The highest BCUT2D eigenvalue weighted by Crippen LogP contribution is 2.39. The molecule has 0 bridgehead atoms. The third kappa shape index (κ3) is 3.55. The van der Waals surface area contributed by atoms with E-state index in [9.17, 15) is 0 Å². The van der Waals surface area contributed by atoms with E-state index in [1.54, 1.807) is 34.5 Å². The molecule has 1 aliphatic rings. The summed E-state index contributed by atoms with van der Waals surface area (Å²) in [5.74, 6) is 2.80. The summed E-state index contributed by atoms with van der Waals surface area (Å²) in [4.78, 5) is 0. The van der Waals surface area contributed by atoms with Crippen molar-refractivity contribution >= 4 is 11.6 Å². The van der Waals surface area contributed by atoms with Crippen molar-refractivity contribution in [3.8, 4) is 23.0 Å². The normalized spacial score (nSPS) is 16.0. The molecule has 3 rings (SSSR count). The van der Waals surface area contributed by atoms with Crippen LogP contribution in [0.2, 0.25) is 5.02 Å². The number of hydrogen-bond acceptors (Lipinski definition) is 5. The minimum Gasteiger partial charge on any atom is -0.493 e. The summed E-state index contributed by atoms with van der Waals surface area (Å²) in [7, 11) is 6.54. The van der Waals surface area contributed by atoms with Crippen molar-refractivity contribution in [2.45, 2.75) is 18.9 Å². The molecule has 0 amide bonds. The highest BCUT2D eigenvalue weighted by molar-refractivity contribution is 6.31. The largest absolute Gasteiger partial charge is 0.493 e. The molecule has 26 heavy (non-hydrogen) atoms. The Morgan fingerprint density at radius 1 is 0.885 bits per heavy atom. The Morgan fingerprint density at radius 2 is 1.46 bits per heavy atom. The molecule has 1 atom stereocenters. The SMILES string of the molecule is COc1cc(Cl)c(CC2NCCc3cc(OC)c(OC)cc32)cc1OC. The van der Waals surface area contributed by atoms with E-state index in [2.05, 4.69) is 17.4 Å². The smallest absolute Gasteiger partial charge is 0.162 e. The molecule has 5 nitrogen and oxygen atoms in total. The molecule has 0 saturated heterocycles. The van der Waals surface area contributed by atoms with Crippen LogP contribution in [0.1, 0.15) is 22.7 Å². The van der Waals surface area contributed by atoms with Gasteiger partial charge in [0, 0.05) is 17.1 Å². The zero-order chi connectivity index (χ0) is 18.7. The molecule has 1 aliphatic heterocycles. The van der Waals surface area contributed by atoms with Gasteiger partial charge < -0.3 is 24.3 Å². The molecule has 0 radical (unpaired) electrons. The van der Waals surface area contributed by atoms with Crippen LogP contribution in [0.4, 0.5) is 0 Å². The second-order valence-electron chi connectivity index (χ2n) is 6.17. The summed E-state index contributed by atoms with van der Waals surface area (Å²) >= 11 is 6.48. The fourth-order valence-corrected chi connectivity index (χ4v) is 3.65. The van der Waals surface area contributed by atoms with E-state index in [4.69, 9.17) is 30.5 Å². The Labute approximate surface area is 159 Å². The van der Waals surface area contributed by atoms with Crippen molar-refractivity contribution in [1.29, 1.82) is 0 Å². The lowest BCUT2D eigenvalue weighted by atomic mass is 9.89. The van der Waals surface area contributed by atoms with Gasteiger partial charge in [0.2, 0.25) is 0 Å². The predicted octanol–water partition coefficient (Wildman–Crippen LogP) is 3.80. The average Bonchev–Trinajstić information content (AvgIpc) is 2.68. The van der Waals surface area contributed by atoms with Crippen molar-refractivity contribution in [3.63, 3.8) is 0 Å². The van der Waals surface area contributed by atoms with Crippen molar-refractivity contribution < 1.29 is 18.9 Å². The van der Waals surface area contributed by atoms with Crippen molar-refractivity contribution in [2.24, 2.45) is 0 Å². The van der Waals surface area contributed by atoms with Gasteiger partial charge in [0.1, 0.15) is 0 Å². The Morgan fingerprint density at radius 3 is 2.12 bits per heavy atom. The first-order valence-corrected chi connectivity index (χ1v) is 8.87. The van der Waals surface area contributed by atoms with E-state index >= 15 is 0 Å². The van der Waals surface area contributed by atoms with Crippen LogP contribution in [0.15, 0.2) is 24.3 Å². The number of methoxy groups -OCH3 is 4. The van der Waals surface area contributed by atoms with Crippen LogP contribution in [0.5, 0.6) is 23.0 Å². The first kappa shape index (κ1) is 18.7. The molecule has 0 fully saturated rings. The maximum Gasteiger partial charge on any atom is 0.162 e. The Kier molecular flexibility index (Phi) is 5.79. The third-order valence-corrected chi connectivity index (χ3v) is 5.13. The molecule has 0 aromatic heterocycles. The lowest BCUT2D eigenvalue weighted by Crippen LogP contribution is -2.31. The quantitative estimate of drug-likeness (QED) is 0.829. The van der Waals surface area contributed by atoms with E-state index in [0.717, 1.165) is 36.4 Å². The first-order chi connectivity index (χ1) is 12.6. The minimum atomic E-state index is 0.133. The molecule has 0 saturated carbocycles. The van der Waals surface area contributed by atoms with Gasteiger partial charge in [-0.05, 0) is 54.3 Å². The number of hydrogen-bond donors (Lipinski definition) is 1. The topological polar surface area (TPSA) is 49.0 Å². The predicted molar refractivity (Wildman–Crippen MR) is 102 cm³/mol. The monoisotopic (exact) mass is 377 g/mol. The highest BCUT2D eigenvalue weighted by Gasteiger charge is 2.24. The average molecular weight is 378 g/mol. The molecule has 0 spiro atoms. The van der Waals surface area contributed by atoms with E-state index in [1.807, 2.05) is 6.07 Å². The van der Waals surface area contributed by atoms with Crippen LogP contribution < -0.4 is 24.3 Å². The zero-order valence-electron chi connectivity index (χ0n) is 15.5. The third-order valence-electron chi connectivity index (χ3n) is 4.78. The minimum absolute atomic E-state index is 0.133. The second-order valence-corrected chi connectivity index (χ2v) is 6.57. The van der Waals surface area contributed by atoms with Gasteiger partial charge >= 0.3 is 0 Å². The fourth-order valence-electron chi connectivity index (χ4n) is 3.42. The molecule has 0 aliphatic carbocycles. The van der Waals surface area contributed by atoms with Gasteiger partial charge in [0.05, 0.1) is 28.4 Å². The summed E-state index contributed by atoms with van der Waals surface area (Å²) in [6.45, 7) is 0.901. The van der Waals surface area contributed by atoms with Crippen molar-refractivity contribution in [3.05, 3.63) is 46.0 Å². The van der Waals surface area contributed by atoms with E-state index < -0.39 is 0 Å². The summed E-state index contributed by atoms with van der Waals surface area (Å²) in [5.41, 5.74) is 3.48. The maximum atomic E-state index is 6.48. The van der Waals surface area contributed by atoms with E-state index in [1.165, 1.54) is 11.1 Å². The summed E-state index contributed by atoms with van der Waals surface area (Å²) in [6.07, 6.45) is 1.69. The molecule has 140 valence electrons. The van der Waals surface area contributed by atoms with Crippen LogP contribution in [-0.2, 0) is 12.8 Å². The molecular weight excluding hydrogens is 354 g/mol. The zero-order valence-corrected chi connectivity index (χ0v) is 16.3. The summed E-state index contributed by atoms with van der Waals surface area (Å²) in [5, 5.41) is 4.24. The Hall–Kier alpha value is -2.11. The van der Waals surface area contributed by atoms with Gasteiger partial charge in [-0.2, -0.15) is 0 Å². The van der Waals surface area contributed by atoms with Gasteiger partial charge in [0.25, 0.3) is 0 Å². The van der Waals surface area contributed by atoms with Gasteiger partial charge in [-0.15, -0.1) is 0 Å². The molecular formula is C20H24ClNO4. The molecule has 1 unspecified atom stereocenters. The van der Waals surface area contributed by atoms with Gasteiger partial charge in [-0.3, -0.25) is 0 Å². The van der Waals surface area contributed by atoms with Gasteiger partial charge in [-0.25, -0.2) is 0 Å². The maximum absolute atomic E-state index is 6.48. The van der Waals surface area contributed by atoms with Gasteiger partial charge in [0.15, 0.2) is 23.0 Å². The fraction of sp³-hybridized carbons (Fsp3) is 0.400. The number of ether oxygens (including phenoxy) is 4. The lowest BCUT2D eigenvalue weighted by molar-refractivity contribution is 0.351. The van der Waals surface area contributed by atoms with E-state index in [-0.39, 0.29) is 6.04 Å². The molecule has 2 aromatic rings. The second kappa shape index (κ2) is 8.06. The molecule has 1 heterocycles. The number of benzene rings is 2. The van der Waals surface area contributed by atoms with E-state index in [0.29, 0.717) is 16.5 Å². The molecule has 2 aromatic carbocycles. The highest BCUT2D eigenvalue weighted by atomic mass is 35.5.